The third-order valence-electron chi connectivity index (χ3n) is 4.79. The molecular formula is C22H19FN6O2. The van der Waals surface area contributed by atoms with Gasteiger partial charge in [-0.25, -0.2) is 19.3 Å². The van der Waals surface area contributed by atoms with Crippen molar-refractivity contribution in [2.45, 2.75) is 19.8 Å². The Bertz CT molecular complexity index is 1160. The van der Waals surface area contributed by atoms with Gasteiger partial charge in [0.15, 0.2) is 11.6 Å². The van der Waals surface area contributed by atoms with Crippen molar-refractivity contribution in [3.05, 3.63) is 77.9 Å². The Kier molecular flexibility index (Phi) is 5.74. The fourth-order valence-electron chi connectivity index (χ4n) is 2.90. The smallest absolute Gasteiger partial charge is 0.284 e. The molecule has 0 radical (unpaired) electrons. The summed E-state index contributed by atoms with van der Waals surface area (Å²) in [5.74, 6) is -0.708. The van der Waals surface area contributed by atoms with Crippen LogP contribution < -0.4 is 10.2 Å². The third kappa shape index (κ3) is 4.61. The molecule has 1 amide bonds. The molecule has 0 spiro atoms. The van der Waals surface area contributed by atoms with Crippen molar-refractivity contribution in [2.75, 3.05) is 5.32 Å². The lowest BCUT2D eigenvalue weighted by Gasteiger charge is -2.09. The maximum atomic E-state index is 13.7. The number of carbonyl (C=O) groups is 1. The number of carbonyl (C=O) groups excluding carboxylic acids is 1. The Morgan fingerprint density at radius 2 is 2.10 bits per heavy atom. The molecule has 8 nitrogen and oxygen atoms in total. The van der Waals surface area contributed by atoms with Gasteiger partial charge in [-0.05, 0) is 43.0 Å². The Hall–Kier alpha value is -4.01. The second-order valence-corrected chi connectivity index (χ2v) is 6.98. The minimum absolute atomic E-state index is 0.164. The second kappa shape index (κ2) is 8.78. The predicted octanol–water partition coefficient (Wildman–Crippen LogP) is 3.80. The van der Waals surface area contributed by atoms with Gasteiger partial charge in [0.2, 0.25) is 0 Å². The van der Waals surface area contributed by atoms with Crippen LogP contribution in [0.25, 0.3) is 6.08 Å². The number of nitrogens with one attached hydrogen (secondary N) is 1. The summed E-state index contributed by atoms with van der Waals surface area (Å²) in [6.07, 6.45) is 11.0. The zero-order valence-corrected chi connectivity index (χ0v) is 16.7. The van der Waals surface area contributed by atoms with Crippen LogP contribution in [0.1, 0.15) is 40.0 Å². The fourth-order valence-corrected chi connectivity index (χ4v) is 2.90. The number of pyridine rings is 2. The number of rotatable bonds is 7. The van der Waals surface area contributed by atoms with Crippen LogP contribution >= 0.6 is 0 Å². The highest BCUT2D eigenvalue weighted by atomic mass is 19.1. The Labute approximate surface area is 177 Å². The van der Waals surface area contributed by atoms with Crippen molar-refractivity contribution in [1.29, 1.82) is 0 Å². The Balaban J connectivity index is 1.50. The first kappa shape index (κ1) is 20.3. The van der Waals surface area contributed by atoms with E-state index in [0.717, 1.165) is 24.0 Å². The van der Waals surface area contributed by atoms with Gasteiger partial charge in [-0.2, -0.15) is 0 Å². The number of anilines is 1. The van der Waals surface area contributed by atoms with Crippen LogP contribution in [0.4, 0.5) is 10.2 Å². The Morgan fingerprint density at radius 3 is 2.77 bits per heavy atom. The van der Waals surface area contributed by atoms with Gasteiger partial charge in [0.25, 0.3) is 11.8 Å². The molecule has 1 aliphatic rings. The lowest BCUT2D eigenvalue weighted by atomic mass is 10.1. The highest BCUT2D eigenvalue weighted by Gasteiger charge is 2.31. The van der Waals surface area contributed by atoms with Crippen LogP contribution in [0.15, 0.2) is 54.9 Å². The minimum Gasteiger partial charge on any atom is -0.333 e. The average molecular weight is 418 g/mol. The number of oxime groups is 1. The first-order chi connectivity index (χ1) is 15.1. The van der Waals surface area contributed by atoms with E-state index >= 15 is 0 Å². The highest BCUT2D eigenvalue weighted by molar-refractivity contribution is 6.05. The van der Waals surface area contributed by atoms with Gasteiger partial charge < -0.3 is 10.2 Å². The molecule has 3 aromatic rings. The molecule has 9 heteroatoms. The van der Waals surface area contributed by atoms with Gasteiger partial charge in [-0.15, -0.1) is 0 Å². The normalized spacial score (nSPS) is 13.5. The average Bonchev–Trinajstić information content (AvgIpc) is 3.61. The maximum Gasteiger partial charge on any atom is 0.284 e. The standard InChI is InChI=1S/C22H19FN6O2/c1-3-14-9-24-10-16(13(14)2)21(30)28-19-12-26-18(11-27-19)20(15-6-7-15)29-31-22-17(23)5-4-8-25-22/h3-5,8-12,15H,1,6-7H2,2H3,(H,27,28,30). The molecular weight excluding hydrogens is 399 g/mol. The van der Waals surface area contributed by atoms with Gasteiger partial charge in [0.05, 0.1) is 18.0 Å². The molecule has 3 heterocycles. The van der Waals surface area contributed by atoms with Crippen LogP contribution in [-0.4, -0.2) is 31.6 Å². The zero-order chi connectivity index (χ0) is 21.8. The van der Waals surface area contributed by atoms with E-state index < -0.39 is 5.82 Å². The van der Waals surface area contributed by atoms with Crippen LogP contribution in [0, 0.1) is 18.7 Å². The number of hydrogen-bond acceptors (Lipinski definition) is 7. The second-order valence-electron chi connectivity index (χ2n) is 6.98. The topological polar surface area (TPSA) is 102 Å². The van der Waals surface area contributed by atoms with Crippen LogP contribution in [0.2, 0.25) is 0 Å². The summed E-state index contributed by atoms with van der Waals surface area (Å²) in [7, 11) is 0. The van der Waals surface area contributed by atoms with E-state index in [2.05, 4.69) is 37.0 Å². The Morgan fingerprint density at radius 1 is 1.26 bits per heavy atom. The number of nitrogens with zero attached hydrogens (tertiary/aromatic N) is 5. The summed E-state index contributed by atoms with van der Waals surface area (Å²) >= 11 is 0. The van der Waals surface area contributed by atoms with Crippen LogP contribution in [0.5, 0.6) is 5.88 Å². The first-order valence-electron chi connectivity index (χ1n) is 9.63. The minimum atomic E-state index is -0.601. The molecule has 1 saturated carbocycles. The summed E-state index contributed by atoms with van der Waals surface area (Å²) in [6.45, 7) is 5.55. The van der Waals surface area contributed by atoms with E-state index in [1.54, 1.807) is 12.3 Å². The van der Waals surface area contributed by atoms with Gasteiger partial charge in [-0.3, -0.25) is 9.78 Å². The van der Waals surface area contributed by atoms with E-state index in [1.165, 1.54) is 36.9 Å². The molecule has 1 N–H and O–H groups in total. The lowest BCUT2D eigenvalue weighted by Crippen LogP contribution is -2.16. The zero-order valence-electron chi connectivity index (χ0n) is 16.7. The molecule has 0 aliphatic heterocycles. The lowest BCUT2D eigenvalue weighted by molar-refractivity contribution is 0.102. The molecule has 4 rings (SSSR count). The molecule has 0 bridgehead atoms. The van der Waals surface area contributed by atoms with E-state index in [0.29, 0.717) is 17.0 Å². The van der Waals surface area contributed by atoms with Crippen molar-refractivity contribution >= 4 is 23.5 Å². The van der Waals surface area contributed by atoms with E-state index in [1.807, 2.05) is 6.92 Å². The van der Waals surface area contributed by atoms with Gasteiger partial charge in [-0.1, -0.05) is 17.8 Å². The summed E-state index contributed by atoms with van der Waals surface area (Å²) in [5.41, 5.74) is 3.03. The van der Waals surface area contributed by atoms with Crippen molar-refractivity contribution in [3.8, 4) is 5.88 Å². The molecule has 3 aromatic heterocycles. The first-order valence-corrected chi connectivity index (χ1v) is 9.63. The fraction of sp³-hybridized carbons (Fsp3) is 0.182. The number of hydrogen-bond donors (Lipinski definition) is 1. The number of amides is 1. The molecule has 0 atom stereocenters. The third-order valence-corrected chi connectivity index (χ3v) is 4.79. The number of aromatic nitrogens is 4. The van der Waals surface area contributed by atoms with Crippen molar-refractivity contribution in [1.82, 2.24) is 19.9 Å². The molecule has 0 unspecified atom stereocenters. The van der Waals surface area contributed by atoms with Crippen LogP contribution in [0.3, 0.4) is 0 Å². The van der Waals surface area contributed by atoms with Crippen molar-refractivity contribution in [3.63, 3.8) is 0 Å². The quantitative estimate of drug-likeness (QED) is 0.462. The molecule has 1 aliphatic carbocycles. The molecule has 0 saturated heterocycles. The van der Waals surface area contributed by atoms with E-state index in [4.69, 9.17) is 4.84 Å². The van der Waals surface area contributed by atoms with Gasteiger partial charge in [0, 0.05) is 24.5 Å². The van der Waals surface area contributed by atoms with E-state index in [9.17, 15) is 9.18 Å². The molecule has 156 valence electrons. The SMILES string of the molecule is C=Cc1cncc(C(=O)Nc2cnc(C(=NOc3ncccc3F)C3CC3)cn2)c1C. The highest BCUT2D eigenvalue weighted by Crippen LogP contribution is 2.33. The summed E-state index contributed by atoms with van der Waals surface area (Å²) in [5, 5.41) is 6.77. The van der Waals surface area contributed by atoms with Gasteiger partial charge >= 0.3 is 0 Å². The predicted molar refractivity (Wildman–Crippen MR) is 113 cm³/mol. The van der Waals surface area contributed by atoms with Crippen molar-refractivity contribution in [2.24, 2.45) is 11.1 Å². The molecule has 31 heavy (non-hydrogen) atoms. The summed E-state index contributed by atoms with van der Waals surface area (Å²) in [6, 6.07) is 2.71. The molecule has 0 aromatic carbocycles. The summed E-state index contributed by atoms with van der Waals surface area (Å²) < 4.78 is 13.7. The number of halogens is 1. The van der Waals surface area contributed by atoms with Crippen LogP contribution in [-0.2, 0) is 0 Å². The van der Waals surface area contributed by atoms with E-state index in [-0.39, 0.29) is 23.5 Å². The van der Waals surface area contributed by atoms with Crippen molar-refractivity contribution < 1.29 is 14.0 Å². The monoisotopic (exact) mass is 418 g/mol. The largest absolute Gasteiger partial charge is 0.333 e. The van der Waals surface area contributed by atoms with Gasteiger partial charge in [0.1, 0.15) is 11.4 Å². The maximum absolute atomic E-state index is 13.7. The summed E-state index contributed by atoms with van der Waals surface area (Å²) in [4.78, 5) is 34.3. The molecule has 1 fully saturated rings.